The molecular formula is C25H45NO4Si2. The van der Waals surface area contributed by atoms with E-state index < -0.39 is 22.2 Å². The van der Waals surface area contributed by atoms with E-state index in [-0.39, 0.29) is 28.7 Å². The Morgan fingerprint density at radius 1 is 0.969 bits per heavy atom. The second-order valence-corrected chi connectivity index (χ2v) is 22.0. The van der Waals surface area contributed by atoms with Gasteiger partial charge >= 0.3 is 6.09 Å². The normalized spacial score (nSPS) is 21.9. The van der Waals surface area contributed by atoms with Crippen LogP contribution in [0.25, 0.3) is 0 Å². The third-order valence-electron chi connectivity index (χ3n) is 7.74. The van der Waals surface area contributed by atoms with E-state index in [0.29, 0.717) is 13.2 Å². The van der Waals surface area contributed by atoms with Crippen LogP contribution in [0.15, 0.2) is 30.3 Å². The molecule has 0 bridgehead atoms. The molecule has 0 aromatic heterocycles. The molecule has 1 saturated carbocycles. The lowest BCUT2D eigenvalue weighted by atomic mass is 10.2. The van der Waals surface area contributed by atoms with Crippen molar-refractivity contribution in [1.82, 2.24) is 5.32 Å². The largest absolute Gasteiger partial charge is 0.445 e. The Morgan fingerprint density at radius 3 is 2.03 bits per heavy atom. The summed E-state index contributed by atoms with van der Waals surface area (Å²) < 4.78 is 18.5. The summed E-state index contributed by atoms with van der Waals surface area (Å²) >= 11 is 0. The van der Waals surface area contributed by atoms with Gasteiger partial charge in [0.05, 0.1) is 12.1 Å². The average Bonchev–Trinajstić information content (AvgIpc) is 3.35. The van der Waals surface area contributed by atoms with Crippen LogP contribution < -0.4 is 5.32 Å². The first kappa shape index (κ1) is 27.1. The first-order valence-corrected chi connectivity index (χ1v) is 17.6. The Morgan fingerprint density at radius 2 is 1.50 bits per heavy atom. The summed E-state index contributed by atoms with van der Waals surface area (Å²) in [5, 5.41) is 3.43. The van der Waals surface area contributed by atoms with Gasteiger partial charge in [0.15, 0.2) is 16.6 Å². The van der Waals surface area contributed by atoms with E-state index >= 15 is 0 Å². The van der Waals surface area contributed by atoms with Gasteiger partial charge in [0, 0.05) is 12.5 Å². The fourth-order valence-electron chi connectivity index (χ4n) is 2.98. The molecule has 1 N–H and O–H groups in total. The number of nitrogens with one attached hydrogen (secondary N) is 1. The molecule has 2 atom stereocenters. The zero-order valence-corrected chi connectivity index (χ0v) is 23.9. The molecule has 2 rings (SSSR count). The molecule has 1 aliphatic carbocycles. The van der Waals surface area contributed by atoms with Crippen LogP contribution in [0.3, 0.4) is 0 Å². The minimum atomic E-state index is -1.94. The molecule has 5 nitrogen and oxygen atoms in total. The van der Waals surface area contributed by atoms with Gasteiger partial charge in [-0.05, 0) is 48.2 Å². The molecule has 1 aromatic carbocycles. The fourth-order valence-corrected chi connectivity index (χ4v) is 5.08. The van der Waals surface area contributed by atoms with E-state index in [1.165, 1.54) is 0 Å². The zero-order valence-electron chi connectivity index (χ0n) is 21.9. The Balaban J connectivity index is 2.04. The molecule has 1 fully saturated rings. The van der Waals surface area contributed by atoms with Crippen LogP contribution >= 0.6 is 0 Å². The summed E-state index contributed by atoms with van der Waals surface area (Å²) in [4.78, 5) is 12.7. The first-order chi connectivity index (χ1) is 14.5. The fraction of sp³-hybridized carbons (Fsp3) is 0.720. The smallest absolute Gasteiger partial charge is 0.407 e. The van der Waals surface area contributed by atoms with Crippen molar-refractivity contribution in [2.75, 3.05) is 13.2 Å². The molecule has 7 heteroatoms. The Bertz CT molecular complexity index is 768. The number of hydrogen-bond acceptors (Lipinski definition) is 4. The number of ether oxygens (including phenoxy) is 1. The number of carbonyl (C=O) groups is 1. The Hall–Kier alpha value is -1.16. The predicted molar refractivity (Wildman–Crippen MR) is 137 cm³/mol. The van der Waals surface area contributed by atoms with Crippen molar-refractivity contribution in [2.24, 2.45) is 5.92 Å². The highest BCUT2D eigenvalue weighted by molar-refractivity contribution is 6.74. The van der Waals surface area contributed by atoms with Crippen molar-refractivity contribution in [2.45, 2.75) is 96.4 Å². The molecular weight excluding hydrogens is 434 g/mol. The minimum Gasteiger partial charge on any atom is -0.445 e. The topological polar surface area (TPSA) is 56.8 Å². The van der Waals surface area contributed by atoms with Gasteiger partial charge in [0.1, 0.15) is 6.61 Å². The highest BCUT2D eigenvalue weighted by Crippen LogP contribution is 2.47. The van der Waals surface area contributed by atoms with Crippen LogP contribution in [-0.2, 0) is 20.2 Å². The summed E-state index contributed by atoms with van der Waals surface area (Å²) in [5.41, 5.74) is 0.564. The highest BCUT2D eigenvalue weighted by Gasteiger charge is 2.57. The molecule has 1 amide bonds. The number of amides is 1. The van der Waals surface area contributed by atoms with Crippen molar-refractivity contribution < 1.29 is 18.4 Å². The Labute approximate surface area is 197 Å². The molecule has 0 aliphatic heterocycles. The number of carbonyl (C=O) groups excluding carboxylic acids is 1. The van der Waals surface area contributed by atoms with Crippen LogP contribution in [-0.4, -0.2) is 41.5 Å². The number of rotatable bonds is 9. The maximum atomic E-state index is 12.7. The van der Waals surface area contributed by atoms with E-state index in [4.69, 9.17) is 13.6 Å². The zero-order chi connectivity index (χ0) is 24.4. The number of benzene rings is 1. The molecule has 1 aromatic rings. The van der Waals surface area contributed by atoms with Gasteiger partial charge in [-0.25, -0.2) is 4.79 Å². The van der Waals surface area contributed by atoms with Gasteiger partial charge in [-0.2, -0.15) is 0 Å². The lowest BCUT2D eigenvalue weighted by molar-refractivity contribution is 0.122. The molecule has 182 valence electrons. The molecule has 0 unspecified atom stereocenters. The van der Waals surface area contributed by atoms with Gasteiger partial charge in [-0.15, -0.1) is 0 Å². The van der Waals surface area contributed by atoms with Crippen LogP contribution in [0.5, 0.6) is 0 Å². The average molecular weight is 480 g/mol. The number of hydrogen-bond donors (Lipinski definition) is 1. The second kappa shape index (κ2) is 9.60. The van der Waals surface area contributed by atoms with E-state index in [2.05, 4.69) is 73.0 Å². The molecule has 0 saturated heterocycles. The SMILES string of the molecule is CC(C)(C)[Si](C)(C)OC[C@@H]1C[C@]1(CO[Si](C)(C)C(C)(C)C)NC(=O)OCc1ccccc1. The van der Waals surface area contributed by atoms with E-state index in [1.54, 1.807) is 0 Å². The summed E-state index contributed by atoms with van der Waals surface area (Å²) in [5.74, 6) is 0.241. The van der Waals surface area contributed by atoms with Crippen molar-refractivity contribution in [3.8, 4) is 0 Å². The van der Waals surface area contributed by atoms with Gasteiger partial charge in [-0.1, -0.05) is 71.9 Å². The summed E-state index contributed by atoms with van der Waals surface area (Å²) in [6.45, 7) is 23.9. The molecule has 0 heterocycles. The van der Waals surface area contributed by atoms with E-state index in [1.807, 2.05) is 30.3 Å². The molecule has 0 radical (unpaired) electrons. The van der Waals surface area contributed by atoms with Gasteiger partial charge in [-0.3, -0.25) is 0 Å². The van der Waals surface area contributed by atoms with E-state index in [0.717, 1.165) is 12.0 Å². The Kier molecular flexibility index (Phi) is 8.13. The van der Waals surface area contributed by atoms with Crippen LogP contribution in [0.1, 0.15) is 53.5 Å². The van der Waals surface area contributed by atoms with Crippen molar-refractivity contribution in [3.05, 3.63) is 35.9 Å². The van der Waals surface area contributed by atoms with Crippen molar-refractivity contribution >= 4 is 22.7 Å². The van der Waals surface area contributed by atoms with Crippen molar-refractivity contribution in [3.63, 3.8) is 0 Å². The number of alkyl carbamates (subject to hydrolysis) is 1. The summed E-state index contributed by atoms with van der Waals surface area (Å²) in [6, 6.07) is 9.75. The van der Waals surface area contributed by atoms with Crippen molar-refractivity contribution in [1.29, 1.82) is 0 Å². The first-order valence-electron chi connectivity index (χ1n) is 11.8. The lowest BCUT2D eigenvalue weighted by Crippen LogP contribution is -2.49. The summed E-state index contributed by atoms with van der Waals surface area (Å²) in [7, 11) is -3.80. The van der Waals surface area contributed by atoms with Gasteiger partial charge < -0.3 is 18.9 Å². The van der Waals surface area contributed by atoms with Crippen LogP contribution in [0, 0.1) is 5.92 Å². The maximum Gasteiger partial charge on any atom is 0.407 e. The van der Waals surface area contributed by atoms with E-state index in [9.17, 15) is 4.79 Å². The minimum absolute atomic E-state index is 0.115. The lowest BCUT2D eigenvalue weighted by Gasteiger charge is -2.38. The monoisotopic (exact) mass is 479 g/mol. The van der Waals surface area contributed by atoms with Crippen LogP contribution in [0.4, 0.5) is 4.79 Å². The quantitative estimate of drug-likeness (QED) is 0.400. The maximum absolute atomic E-state index is 12.7. The highest BCUT2D eigenvalue weighted by atomic mass is 28.4. The third kappa shape index (κ3) is 6.92. The predicted octanol–water partition coefficient (Wildman–Crippen LogP) is 6.72. The second-order valence-electron chi connectivity index (χ2n) is 12.4. The standard InChI is InChI=1S/C25H45NO4Si2/c1-23(2,3)31(7,8)29-18-21-16-25(21,19-30-32(9,10)24(4,5)6)26-22(27)28-17-20-14-12-11-13-15-20/h11-15,21H,16-19H2,1-10H3,(H,26,27)/t21-,25+/m0/s1. The molecule has 1 aliphatic rings. The van der Waals surface area contributed by atoms with Gasteiger partial charge in [0.2, 0.25) is 0 Å². The summed E-state index contributed by atoms with van der Waals surface area (Å²) in [6.07, 6.45) is 0.471. The van der Waals surface area contributed by atoms with Crippen LogP contribution in [0.2, 0.25) is 36.3 Å². The third-order valence-corrected chi connectivity index (χ3v) is 16.7. The molecule has 0 spiro atoms. The van der Waals surface area contributed by atoms with Gasteiger partial charge in [0.25, 0.3) is 0 Å². The molecule has 32 heavy (non-hydrogen) atoms.